The second kappa shape index (κ2) is 5.67. The van der Waals surface area contributed by atoms with Gasteiger partial charge in [0, 0.05) is 6.04 Å². The molecule has 0 aliphatic carbocycles. The highest BCUT2D eigenvalue weighted by molar-refractivity contribution is 6.74. The lowest BCUT2D eigenvalue weighted by atomic mass is 10.2. The highest BCUT2D eigenvalue weighted by Gasteiger charge is 2.41. The Morgan fingerprint density at radius 3 is 2.00 bits per heavy atom. The minimum absolute atomic E-state index is 0.0690. The van der Waals surface area contributed by atoms with Crippen molar-refractivity contribution >= 4 is 19.4 Å². The minimum atomic E-state index is -2.25. The fraction of sp³-hybridized carbons (Fsp3) is 0.529. The smallest absolute Gasteiger partial charge is 0.348 e. The van der Waals surface area contributed by atoms with Gasteiger partial charge in [-0.2, -0.15) is 4.73 Å². The van der Waals surface area contributed by atoms with Crippen LogP contribution in [0.5, 0.6) is 0 Å². The van der Waals surface area contributed by atoms with E-state index in [0.717, 1.165) is 0 Å². The molecule has 2 aromatic rings. The lowest BCUT2D eigenvalue weighted by molar-refractivity contribution is 0.247. The van der Waals surface area contributed by atoms with Gasteiger partial charge in [-0.05, 0) is 44.1 Å². The van der Waals surface area contributed by atoms with E-state index in [9.17, 15) is 9.59 Å². The van der Waals surface area contributed by atoms with Gasteiger partial charge in [0.15, 0.2) is 0 Å². The van der Waals surface area contributed by atoms with E-state index in [1.165, 1.54) is 9.30 Å². The summed E-state index contributed by atoms with van der Waals surface area (Å²) in [4.78, 5) is 25.2. The van der Waals surface area contributed by atoms with Crippen molar-refractivity contribution in [1.29, 1.82) is 0 Å². The van der Waals surface area contributed by atoms with Gasteiger partial charge in [-0.3, -0.25) is 14.2 Å². The molecule has 0 N–H and O–H groups in total. The minimum Gasteiger partial charge on any atom is -0.466 e. The van der Waals surface area contributed by atoms with Crippen LogP contribution in [0.4, 0.5) is 0 Å². The quantitative estimate of drug-likeness (QED) is 0.640. The van der Waals surface area contributed by atoms with Crippen LogP contribution < -0.4 is 15.6 Å². The van der Waals surface area contributed by atoms with E-state index in [1.807, 2.05) is 38.1 Å². The average Bonchev–Trinajstić information content (AvgIpc) is 2.42. The molecule has 6 heteroatoms. The number of benzene rings is 1. The molecular weight excluding hydrogens is 308 g/mol. The first-order chi connectivity index (χ1) is 10.5. The van der Waals surface area contributed by atoms with Gasteiger partial charge in [0.25, 0.3) is 8.32 Å². The van der Waals surface area contributed by atoms with Crippen molar-refractivity contribution in [2.45, 2.75) is 58.8 Å². The molecule has 0 aliphatic heterocycles. The van der Waals surface area contributed by atoms with Gasteiger partial charge in [-0.25, -0.2) is 0 Å². The Balaban J connectivity index is 2.82. The first kappa shape index (κ1) is 17.5. The Hall–Kier alpha value is -1.82. The third-order valence-electron chi connectivity index (χ3n) is 4.59. The van der Waals surface area contributed by atoms with Crippen molar-refractivity contribution in [3.8, 4) is 0 Å². The topological polar surface area (TPSA) is 53.2 Å². The molecular formula is C17H26N2O3Si. The fourth-order valence-corrected chi connectivity index (χ4v) is 3.13. The third-order valence-corrected chi connectivity index (χ3v) is 8.84. The van der Waals surface area contributed by atoms with Crippen molar-refractivity contribution in [2.24, 2.45) is 0 Å². The van der Waals surface area contributed by atoms with E-state index in [4.69, 9.17) is 4.53 Å². The Kier molecular flexibility index (Phi) is 4.32. The molecule has 0 radical (unpaired) electrons. The van der Waals surface area contributed by atoms with Gasteiger partial charge in [-0.15, -0.1) is 0 Å². The van der Waals surface area contributed by atoms with E-state index in [-0.39, 0.29) is 11.1 Å². The summed E-state index contributed by atoms with van der Waals surface area (Å²) in [5.41, 5.74) is 0.182. The molecule has 0 amide bonds. The summed E-state index contributed by atoms with van der Waals surface area (Å²) in [5, 5.41) is -0.0690. The van der Waals surface area contributed by atoms with E-state index >= 15 is 0 Å². The monoisotopic (exact) mass is 334 g/mol. The second-order valence-electron chi connectivity index (χ2n) is 7.71. The molecule has 2 rings (SSSR count). The number of nitrogens with zero attached hydrogens (tertiary/aromatic N) is 2. The van der Waals surface area contributed by atoms with Crippen molar-refractivity contribution in [1.82, 2.24) is 9.30 Å². The Bertz CT molecular complexity index is 842. The first-order valence-electron chi connectivity index (χ1n) is 7.93. The van der Waals surface area contributed by atoms with Gasteiger partial charge in [0.05, 0.1) is 5.52 Å². The van der Waals surface area contributed by atoms with Crippen LogP contribution in [-0.4, -0.2) is 17.6 Å². The fourth-order valence-electron chi connectivity index (χ4n) is 2.22. The first-order valence-corrected chi connectivity index (χ1v) is 10.8. The number of para-hydroxylation sites is 2. The van der Waals surface area contributed by atoms with Crippen molar-refractivity contribution < 1.29 is 4.53 Å². The standard InChI is InChI=1S/C17H26N2O3Si/c1-12(2)18-13-10-8-9-11-14(13)19(16(21)15(18)20)22-23(6,7)17(3,4)5/h8-12H,1-7H3. The molecule has 23 heavy (non-hydrogen) atoms. The zero-order chi connectivity index (χ0) is 17.6. The number of rotatable bonds is 3. The van der Waals surface area contributed by atoms with Crippen LogP contribution in [0.3, 0.4) is 0 Å². The lowest BCUT2D eigenvalue weighted by Crippen LogP contribution is -2.54. The summed E-state index contributed by atoms with van der Waals surface area (Å²) in [6, 6.07) is 7.29. The maximum atomic E-state index is 12.6. The summed E-state index contributed by atoms with van der Waals surface area (Å²) in [6.45, 7) is 14.2. The van der Waals surface area contributed by atoms with Crippen LogP contribution in [0.25, 0.3) is 11.0 Å². The van der Waals surface area contributed by atoms with Crippen LogP contribution in [0.1, 0.15) is 40.7 Å². The van der Waals surface area contributed by atoms with Crippen LogP contribution in [-0.2, 0) is 0 Å². The van der Waals surface area contributed by atoms with Gasteiger partial charge < -0.3 is 4.53 Å². The predicted molar refractivity (Wildman–Crippen MR) is 96.6 cm³/mol. The SMILES string of the molecule is CC(C)n1c(=O)c(=O)n(O[Si](C)(C)C(C)(C)C)c2ccccc21. The van der Waals surface area contributed by atoms with Gasteiger partial charge in [-0.1, -0.05) is 32.9 Å². The average molecular weight is 334 g/mol. The Morgan fingerprint density at radius 2 is 1.52 bits per heavy atom. The predicted octanol–water partition coefficient (Wildman–Crippen LogP) is 3.18. The zero-order valence-electron chi connectivity index (χ0n) is 15.0. The largest absolute Gasteiger partial charge is 0.466 e. The van der Waals surface area contributed by atoms with Crippen LogP contribution >= 0.6 is 0 Å². The van der Waals surface area contributed by atoms with Gasteiger partial charge in [0.2, 0.25) is 0 Å². The molecule has 1 heterocycles. The molecule has 0 saturated carbocycles. The lowest BCUT2D eigenvalue weighted by Gasteiger charge is -2.36. The summed E-state index contributed by atoms with van der Waals surface area (Å²) < 4.78 is 8.90. The number of fused-ring (bicyclic) bond motifs is 1. The molecule has 0 bridgehead atoms. The van der Waals surface area contributed by atoms with Crippen LogP contribution in [0.15, 0.2) is 33.9 Å². The molecule has 0 spiro atoms. The molecule has 5 nitrogen and oxygen atoms in total. The van der Waals surface area contributed by atoms with Gasteiger partial charge in [0.1, 0.15) is 5.52 Å². The molecule has 0 unspecified atom stereocenters. The summed E-state index contributed by atoms with van der Waals surface area (Å²) in [5.74, 6) is 0. The maximum absolute atomic E-state index is 12.6. The third kappa shape index (κ3) is 3.00. The normalized spacial score (nSPS) is 12.9. The number of hydrogen-bond donors (Lipinski definition) is 0. The zero-order valence-corrected chi connectivity index (χ0v) is 16.0. The molecule has 0 aliphatic rings. The van der Waals surface area contributed by atoms with Crippen LogP contribution in [0.2, 0.25) is 18.1 Å². The van der Waals surface area contributed by atoms with Crippen LogP contribution in [0, 0.1) is 0 Å². The van der Waals surface area contributed by atoms with Crippen molar-refractivity contribution in [3.63, 3.8) is 0 Å². The Morgan fingerprint density at radius 1 is 1.00 bits per heavy atom. The molecule has 1 aromatic carbocycles. The maximum Gasteiger partial charge on any atom is 0.348 e. The number of hydrogen-bond acceptors (Lipinski definition) is 3. The van der Waals surface area contributed by atoms with Crippen molar-refractivity contribution in [3.05, 3.63) is 45.0 Å². The molecule has 0 fully saturated rings. The van der Waals surface area contributed by atoms with E-state index < -0.39 is 19.4 Å². The highest BCUT2D eigenvalue weighted by Crippen LogP contribution is 2.35. The van der Waals surface area contributed by atoms with E-state index in [2.05, 4.69) is 33.9 Å². The Labute approximate surface area is 137 Å². The molecule has 0 atom stereocenters. The summed E-state index contributed by atoms with van der Waals surface area (Å²) in [7, 11) is -2.25. The van der Waals surface area contributed by atoms with E-state index in [0.29, 0.717) is 11.0 Å². The number of aromatic nitrogens is 2. The summed E-state index contributed by atoms with van der Waals surface area (Å²) in [6.07, 6.45) is 0. The summed E-state index contributed by atoms with van der Waals surface area (Å²) >= 11 is 0. The molecule has 1 aromatic heterocycles. The second-order valence-corrected chi connectivity index (χ2v) is 12.4. The highest BCUT2D eigenvalue weighted by atomic mass is 28.4. The van der Waals surface area contributed by atoms with Gasteiger partial charge >= 0.3 is 11.1 Å². The molecule has 0 saturated heterocycles. The van der Waals surface area contributed by atoms with Crippen molar-refractivity contribution in [2.75, 3.05) is 0 Å². The molecule has 126 valence electrons. The van der Waals surface area contributed by atoms with E-state index in [1.54, 1.807) is 0 Å².